The smallest absolute Gasteiger partial charge is 0.343 e. The van der Waals surface area contributed by atoms with Crippen molar-refractivity contribution in [2.75, 3.05) is 0 Å². The summed E-state index contributed by atoms with van der Waals surface area (Å²) in [5.41, 5.74) is 3.32. The molecule has 0 radical (unpaired) electrons. The molecule has 1 atom stereocenters. The van der Waals surface area contributed by atoms with E-state index in [1.54, 1.807) is 17.0 Å². The lowest BCUT2D eigenvalue weighted by Gasteiger charge is -2.29. The Morgan fingerprint density at radius 3 is 2.26 bits per heavy atom. The van der Waals surface area contributed by atoms with Crippen LogP contribution in [0.25, 0.3) is 0 Å². The number of aryl methyl sites for hydroxylation is 1. The number of carbonyl (C=O) groups is 2. The largest absolute Gasteiger partial charge is 0.477 e. The zero-order chi connectivity index (χ0) is 19.6. The van der Waals surface area contributed by atoms with E-state index in [-0.39, 0.29) is 22.1 Å². The molecule has 0 aromatic heterocycles. The van der Waals surface area contributed by atoms with Crippen LogP contribution < -0.4 is 0 Å². The fraction of sp³-hybridized carbons (Fsp3) is 0.273. The van der Waals surface area contributed by atoms with Gasteiger partial charge >= 0.3 is 5.97 Å². The molecule has 1 aliphatic rings. The molecule has 0 saturated carbocycles. The Bertz CT molecular complexity index is 872. The maximum absolute atomic E-state index is 13.2. The average Bonchev–Trinajstić information content (AvgIpc) is 3.08. The van der Waals surface area contributed by atoms with E-state index in [0.717, 1.165) is 11.1 Å². The Labute approximate surface area is 163 Å². The summed E-state index contributed by atoms with van der Waals surface area (Å²) in [5, 5.41) is 9.75. The molecule has 0 aliphatic carbocycles. The summed E-state index contributed by atoms with van der Waals surface area (Å²) in [6.45, 7) is 5.80. The van der Waals surface area contributed by atoms with Gasteiger partial charge in [-0.05, 0) is 38.5 Å². The highest BCUT2D eigenvalue weighted by Gasteiger charge is 2.36. The van der Waals surface area contributed by atoms with Gasteiger partial charge in [0.05, 0.1) is 0 Å². The zero-order valence-electron chi connectivity index (χ0n) is 15.7. The van der Waals surface area contributed by atoms with Crippen LogP contribution in [0, 0.1) is 6.92 Å². The highest BCUT2D eigenvalue weighted by molar-refractivity contribution is 8.04. The third-order valence-corrected chi connectivity index (χ3v) is 5.96. The standard InChI is InChI=1S/C22H23NO3S/c1-14(2)23(21(24)17-11-9-15(3)10-12-17)18-13-19(27-20(18)22(25)26)16-7-5-4-6-8-16/h4-12,14,19H,13H2,1-3H3,(H,25,26). The molecule has 1 N–H and O–H groups in total. The average molecular weight is 381 g/mol. The Hall–Kier alpha value is -2.53. The first-order valence-corrected chi connectivity index (χ1v) is 9.84. The number of nitrogens with zero attached hydrogens (tertiary/aromatic N) is 1. The Balaban J connectivity index is 1.97. The molecule has 3 rings (SSSR count). The zero-order valence-corrected chi connectivity index (χ0v) is 16.5. The second kappa shape index (κ2) is 8.01. The van der Waals surface area contributed by atoms with Crippen LogP contribution in [-0.2, 0) is 4.79 Å². The fourth-order valence-electron chi connectivity index (χ4n) is 3.26. The van der Waals surface area contributed by atoms with Crippen molar-refractivity contribution in [3.8, 4) is 0 Å². The van der Waals surface area contributed by atoms with Crippen molar-refractivity contribution in [2.45, 2.75) is 38.5 Å². The third kappa shape index (κ3) is 4.08. The molecular weight excluding hydrogens is 358 g/mol. The molecule has 0 fully saturated rings. The lowest BCUT2D eigenvalue weighted by Crippen LogP contribution is -2.36. The predicted octanol–water partition coefficient (Wildman–Crippen LogP) is 5.02. The van der Waals surface area contributed by atoms with Gasteiger partial charge in [0.2, 0.25) is 0 Å². The lowest BCUT2D eigenvalue weighted by atomic mass is 10.0. The van der Waals surface area contributed by atoms with E-state index in [0.29, 0.717) is 17.7 Å². The molecular formula is C22H23NO3S. The molecule has 1 heterocycles. The van der Waals surface area contributed by atoms with Gasteiger partial charge in [0.15, 0.2) is 0 Å². The van der Waals surface area contributed by atoms with Crippen molar-refractivity contribution in [1.82, 2.24) is 4.90 Å². The van der Waals surface area contributed by atoms with Crippen molar-refractivity contribution in [1.29, 1.82) is 0 Å². The fourth-order valence-corrected chi connectivity index (χ4v) is 4.50. The predicted molar refractivity (Wildman–Crippen MR) is 109 cm³/mol. The summed E-state index contributed by atoms with van der Waals surface area (Å²) in [6, 6.07) is 17.1. The number of rotatable bonds is 5. The van der Waals surface area contributed by atoms with Crippen LogP contribution in [0.15, 0.2) is 65.2 Å². The number of carboxylic acid groups (broad SMARTS) is 1. The minimum atomic E-state index is -0.976. The highest BCUT2D eigenvalue weighted by Crippen LogP contribution is 2.49. The normalized spacial score (nSPS) is 16.7. The minimum absolute atomic E-state index is 0.000585. The monoisotopic (exact) mass is 381 g/mol. The quantitative estimate of drug-likeness (QED) is 0.790. The van der Waals surface area contributed by atoms with Crippen LogP contribution in [0.5, 0.6) is 0 Å². The highest BCUT2D eigenvalue weighted by atomic mass is 32.2. The molecule has 0 spiro atoms. The summed E-state index contributed by atoms with van der Waals surface area (Å²) in [5.74, 6) is -1.14. The Morgan fingerprint density at radius 2 is 1.70 bits per heavy atom. The minimum Gasteiger partial charge on any atom is -0.477 e. The first-order chi connectivity index (χ1) is 12.9. The number of hydrogen-bond acceptors (Lipinski definition) is 3. The molecule has 140 valence electrons. The van der Waals surface area contributed by atoms with E-state index in [1.807, 2.05) is 63.2 Å². The van der Waals surface area contributed by atoms with Gasteiger partial charge in [0, 0.05) is 29.0 Å². The van der Waals surface area contributed by atoms with Crippen molar-refractivity contribution >= 4 is 23.6 Å². The summed E-state index contributed by atoms with van der Waals surface area (Å²) in [4.78, 5) is 27.0. The number of carbonyl (C=O) groups excluding carboxylic acids is 1. The van der Waals surface area contributed by atoms with Crippen LogP contribution in [0.2, 0.25) is 0 Å². The first-order valence-electron chi connectivity index (χ1n) is 8.96. The van der Waals surface area contributed by atoms with Crippen molar-refractivity contribution in [2.24, 2.45) is 0 Å². The number of aliphatic carboxylic acids is 1. The Kier molecular flexibility index (Phi) is 5.71. The maximum Gasteiger partial charge on any atom is 0.343 e. The van der Waals surface area contributed by atoms with Crippen molar-refractivity contribution in [3.05, 3.63) is 81.9 Å². The lowest BCUT2D eigenvalue weighted by molar-refractivity contribution is -0.131. The van der Waals surface area contributed by atoms with Gasteiger partial charge in [-0.2, -0.15) is 0 Å². The maximum atomic E-state index is 13.2. The molecule has 2 aromatic rings. The van der Waals surface area contributed by atoms with Gasteiger partial charge in [-0.3, -0.25) is 4.79 Å². The molecule has 1 amide bonds. The summed E-state index contributed by atoms with van der Waals surface area (Å²) in [7, 11) is 0. The molecule has 0 bridgehead atoms. The summed E-state index contributed by atoms with van der Waals surface area (Å²) in [6.07, 6.45) is 0.520. The molecule has 4 nitrogen and oxygen atoms in total. The third-order valence-electron chi connectivity index (χ3n) is 4.59. The van der Waals surface area contributed by atoms with Gasteiger partial charge in [-0.15, -0.1) is 11.8 Å². The van der Waals surface area contributed by atoms with Crippen LogP contribution in [-0.4, -0.2) is 27.9 Å². The second-order valence-electron chi connectivity index (χ2n) is 6.94. The van der Waals surface area contributed by atoms with Gasteiger partial charge in [0.1, 0.15) is 4.91 Å². The van der Waals surface area contributed by atoms with E-state index < -0.39 is 5.97 Å². The number of carboxylic acids is 1. The number of benzene rings is 2. The number of hydrogen-bond donors (Lipinski definition) is 1. The van der Waals surface area contributed by atoms with Crippen molar-refractivity contribution in [3.63, 3.8) is 0 Å². The van der Waals surface area contributed by atoms with E-state index in [9.17, 15) is 14.7 Å². The van der Waals surface area contributed by atoms with Crippen LogP contribution in [0.3, 0.4) is 0 Å². The van der Waals surface area contributed by atoms with Crippen molar-refractivity contribution < 1.29 is 14.7 Å². The van der Waals surface area contributed by atoms with Gasteiger partial charge in [-0.25, -0.2) is 4.79 Å². The van der Waals surface area contributed by atoms with Gasteiger partial charge in [0.25, 0.3) is 5.91 Å². The molecule has 2 aromatic carbocycles. The molecule has 5 heteroatoms. The molecule has 27 heavy (non-hydrogen) atoms. The van der Waals surface area contributed by atoms with E-state index in [4.69, 9.17) is 0 Å². The van der Waals surface area contributed by atoms with E-state index in [2.05, 4.69) is 0 Å². The molecule has 1 aliphatic heterocycles. The number of allylic oxidation sites excluding steroid dienone is 1. The first kappa shape index (κ1) is 19.2. The van der Waals surface area contributed by atoms with E-state index >= 15 is 0 Å². The number of amides is 1. The van der Waals surface area contributed by atoms with E-state index in [1.165, 1.54) is 11.8 Å². The van der Waals surface area contributed by atoms with Crippen LogP contribution >= 0.6 is 11.8 Å². The second-order valence-corrected chi connectivity index (χ2v) is 8.15. The van der Waals surface area contributed by atoms with Gasteiger partial charge < -0.3 is 10.0 Å². The van der Waals surface area contributed by atoms with Crippen LogP contribution in [0.1, 0.15) is 47.0 Å². The summed E-state index contributed by atoms with van der Waals surface area (Å²) < 4.78 is 0. The molecule has 1 unspecified atom stereocenters. The summed E-state index contributed by atoms with van der Waals surface area (Å²) >= 11 is 1.33. The number of thioether (sulfide) groups is 1. The Morgan fingerprint density at radius 1 is 1.07 bits per heavy atom. The van der Waals surface area contributed by atoms with Crippen LogP contribution in [0.4, 0.5) is 0 Å². The molecule has 0 saturated heterocycles. The topological polar surface area (TPSA) is 57.6 Å². The van der Waals surface area contributed by atoms with Gasteiger partial charge in [-0.1, -0.05) is 48.0 Å². The SMILES string of the molecule is Cc1ccc(C(=O)N(C2=C(C(=O)O)SC(c3ccccc3)C2)C(C)C)cc1.